The second-order valence-electron chi connectivity index (χ2n) is 6.48. The van der Waals surface area contributed by atoms with E-state index in [0.717, 1.165) is 27.7 Å². The van der Waals surface area contributed by atoms with Gasteiger partial charge in [-0.3, -0.25) is 0 Å². The van der Waals surface area contributed by atoms with Gasteiger partial charge in [-0.2, -0.15) is 0 Å². The minimum Gasteiger partial charge on any atom is -0.487 e. The molecule has 4 aromatic rings. The van der Waals surface area contributed by atoms with E-state index >= 15 is 0 Å². The van der Waals surface area contributed by atoms with Crippen LogP contribution in [0.5, 0.6) is 5.75 Å². The van der Waals surface area contributed by atoms with Gasteiger partial charge in [0, 0.05) is 23.7 Å². The number of aromatic nitrogens is 2. The molecule has 0 saturated carbocycles. The van der Waals surface area contributed by atoms with Crippen LogP contribution in [0.1, 0.15) is 5.56 Å². The Hall–Kier alpha value is -3.38. The molecule has 0 unspecified atom stereocenters. The molecule has 1 heterocycles. The van der Waals surface area contributed by atoms with Gasteiger partial charge in [0.05, 0.1) is 10.5 Å². The molecule has 0 amide bonds. The molecule has 0 saturated heterocycles. The Labute approximate surface area is 172 Å². The number of hydrogen-bond acceptors (Lipinski definition) is 5. The Balaban J connectivity index is 1.60. The Bertz CT molecular complexity index is 1200. The van der Waals surface area contributed by atoms with Gasteiger partial charge in [0.15, 0.2) is 5.82 Å². The molecule has 4 rings (SSSR count). The summed E-state index contributed by atoms with van der Waals surface area (Å²) in [5, 5.41) is 4.26. The zero-order valence-corrected chi connectivity index (χ0v) is 16.4. The lowest BCUT2D eigenvalue weighted by Crippen LogP contribution is -2.00. The third kappa shape index (κ3) is 4.07. The fourth-order valence-corrected chi connectivity index (χ4v) is 3.22. The van der Waals surface area contributed by atoms with E-state index in [9.17, 15) is 4.39 Å². The monoisotopic (exact) mass is 408 g/mol. The number of fused-ring (bicyclic) bond motifs is 1. The SMILES string of the molecule is CNc1ccc2nc(-c3ccc(OCc4cccc(F)c4)c(Cl)c3)nc(N)c2c1. The molecule has 29 heavy (non-hydrogen) atoms. The second-order valence-corrected chi connectivity index (χ2v) is 6.89. The van der Waals surface area contributed by atoms with E-state index in [1.165, 1.54) is 12.1 Å². The van der Waals surface area contributed by atoms with Crippen molar-refractivity contribution >= 4 is 34.0 Å². The van der Waals surface area contributed by atoms with Crippen LogP contribution in [0.4, 0.5) is 15.9 Å². The van der Waals surface area contributed by atoms with Gasteiger partial charge in [0.2, 0.25) is 0 Å². The standard InChI is InChI=1S/C22H18ClFN4O/c1-26-16-6-7-19-17(11-16)21(25)28-22(27-19)14-5-8-20(18(23)10-14)29-12-13-3-2-4-15(24)9-13/h2-11,26H,12H2,1H3,(H2,25,27,28). The summed E-state index contributed by atoms with van der Waals surface area (Å²) in [6, 6.07) is 17.2. The molecular weight excluding hydrogens is 391 g/mol. The number of anilines is 2. The Kier molecular flexibility index (Phi) is 5.18. The lowest BCUT2D eigenvalue weighted by molar-refractivity contribution is 0.306. The minimum atomic E-state index is -0.305. The molecule has 0 aliphatic carbocycles. The summed E-state index contributed by atoms with van der Waals surface area (Å²) in [5.74, 6) is 1.06. The van der Waals surface area contributed by atoms with Crippen molar-refractivity contribution in [3.8, 4) is 17.1 Å². The highest BCUT2D eigenvalue weighted by molar-refractivity contribution is 6.32. The van der Waals surface area contributed by atoms with Crippen molar-refractivity contribution in [2.24, 2.45) is 0 Å². The number of nitrogens with two attached hydrogens (primary N) is 1. The predicted octanol–water partition coefficient (Wildman–Crippen LogP) is 5.29. The number of ether oxygens (including phenoxy) is 1. The fourth-order valence-electron chi connectivity index (χ4n) is 2.98. The van der Waals surface area contributed by atoms with E-state index in [2.05, 4.69) is 15.3 Å². The van der Waals surface area contributed by atoms with Crippen LogP contribution >= 0.6 is 11.6 Å². The predicted molar refractivity (Wildman–Crippen MR) is 115 cm³/mol. The molecule has 5 nitrogen and oxygen atoms in total. The largest absolute Gasteiger partial charge is 0.487 e. The molecule has 0 spiro atoms. The summed E-state index contributed by atoms with van der Waals surface area (Å²) in [4.78, 5) is 9.01. The van der Waals surface area contributed by atoms with E-state index in [-0.39, 0.29) is 12.4 Å². The molecule has 0 aliphatic rings. The molecular formula is C22H18ClFN4O. The number of nitrogen functional groups attached to an aromatic ring is 1. The third-order valence-corrected chi connectivity index (χ3v) is 4.78. The van der Waals surface area contributed by atoms with Gasteiger partial charge in [-0.25, -0.2) is 14.4 Å². The van der Waals surface area contributed by atoms with Gasteiger partial charge in [-0.1, -0.05) is 23.7 Å². The van der Waals surface area contributed by atoms with Crippen LogP contribution in [-0.2, 0) is 6.61 Å². The van der Waals surface area contributed by atoms with Crippen LogP contribution < -0.4 is 15.8 Å². The number of halogens is 2. The van der Waals surface area contributed by atoms with Crippen molar-refractivity contribution < 1.29 is 9.13 Å². The first-order chi connectivity index (χ1) is 14.0. The average Bonchev–Trinajstić information content (AvgIpc) is 2.72. The number of nitrogens with zero attached hydrogens (tertiary/aromatic N) is 2. The zero-order chi connectivity index (χ0) is 20.4. The number of hydrogen-bond donors (Lipinski definition) is 2. The highest BCUT2D eigenvalue weighted by Gasteiger charge is 2.11. The average molecular weight is 409 g/mol. The summed E-state index contributed by atoms with van der Waals surface area (Å²) >= 11 is 6.38. The van der Waals surface area contributed by atoms with Crippen molar-refractivity contribution in [1.82, 2.24) is 9.97 Å². The Morgan fingerprint density at radius 1 is 1.07 bits per heavy atom. The van der Waals surface area contributed by atoms with Gasteiger partial charge in [0.25, 0.3) is 0 Å². The van der Waals surface area contributed by atoms with Crippen LogP contribution in [0.15, 0.2) is 60.7 Å². The quantitative estimate of drug-likeness (QED) is 0.469. The Morgan fingerprint density at radius 2 is 1.93 bits per heavy atom. The number of rotatable bonds is 5. The molecule has 0 aliphatic heterocycles. The van der Waals surface area contributed by atoms with Crippen LogP contribution in [0.2, 0.25) is 5.02 Å². The maximum Gasteiger partial charge on any atom is 0.162 e. The van der Waals surface area contributed by atoms with Crippen molar-refractivity contribution in [1.29, 1.82) is 0 Å². The molecule has 146 valence electrons. The van der Waals surface area contributed by atoms with Gasteiger partial charge < -0.3 is 15.8 Å². The normalized spacial score (nSPS) is 10.9. The molecule has 3 aromatic carbocycles. The molecule has 0 fully saturated rings. The highest BCUT2D eigenvalue weighted by Crippen LogP contribution is 2.31. The second kappa shape index (κ2) is 7.93. The smallest absolute Gasteiger partial charge is 0.162 e. The highest BCUT2D eigenvalue weighted by atomic mass is 35.5. The lowest BCUT2D eigenvalue weighted by Gasteiger charge is -2.11. The summed E-state index contributed by atoms with van der Waals surface area (Å²) in [6.45, 7) is 0.212. The van der Waals surface area contributed by atoms with Gasteiger partial charge >= 0.3 is 0 Å². The van der Waals surface area contributed by atoms with Crippen molar-refractivity contribution in [3.63, 3.8) is 0 Å². The summed E-state index contributed by atoms with van der Waals surface area (Å²) in [7, 11) is 1.84. The lowest BCUT2D eigenvalue weighted by atomic mass is 10.1. The minimum absolute atomic E-state index is 0.212. The molecule has 0 bridgehead atoms. The molecule has 1 aromatic heterocycles. The first-order valence-corrected chi connectivity index (χ1v) is 9.33. The topological polar surface area (TPSA) is 73.1 Å². The number of benzene rings is 3. The van der Waals surface area contributed by atoms with Gasteiger partial charge in [0.1, 0.15) is 24.0 Å². The van der Waals surface area contributed by atoms with Crippen molar-refractivity contribution in [2.45, 2.75) is 6.61 Å². The van der Waals surface area contributed by atoms with E-state index in [0.29, 0.717) is 22.4 Å². The van der Waals surface area contributed by atoms with Crippen LogP contribution in [0.3, 0.4) is 0 Å². The number of nitrogens with one attached hydrogen (secondary N) is 1. The molecule has 7 heteroatoms. The summed E-state index contributed by atoms with van der Waals surface area (Å²) in [5.41, 5.74) is 9.26. The van der Waals surface area contributed by atoms with Gasteiger partial charge in [-0.15, -0.1) is 0 Å². The molecule has 3 N–H and O–H groups in total. The molecule has 0 atom stereocenters. The third-order valence-electron chi connectivity index (χ3n) is 4.49. The maximum absolute atomic E-state index is 13.3. The van der Waals surface area contributed by atoms with Crippen molar-refractivity contribution in [3.05, 3.63) is 77.1 Å². The van der Waals surface area contributed by atoms with Gasteiger partial charge in [-0.05, 0) is 54.1 Å². The first-order valence-electron chi connectivity index (χ1n) is 8.95. The van der Waals surface area contributed by atoms with E-state index in [1.54, 1.807) is 24.3 Å². The first kappa shape index (κ1) is 19.0. The van der Waals surface area contributed by atoms with E-state index in [1.807, 2.05) is 31.3 Å². The van der Waals surface area contributed by atoms with Crippen LogP contribution in [0, 0.1) is 5.82 Å². The summed E-state index contributed by atoms with van der Waals surface area (Å²) in [6.07, 6.45) is 0. The maximum atomic E-state index is 13.3. The summed E-state index contributed by atoms with van der Waals surface area (Å²) < 4.78 is 19.0. The zero-order valence-electron chi connectivity index (χ0n) is 15.6. The Morgan fingerprint density at radius 3 is 2.69 bits per heavy atom. The van der Waals surface area contributed by atoms with Crippen LogP contribution in [-0.4, -0.2) is 17.0 Å². The fraction of sp³-hybridized carbons (Fsp3) is 0.0909. The van der Waals surface area contributed by atoms with Crippen molar-refractivity contribution in [2.75, 3.05) is 18.1 Å². The molecule has 0 radical (unpaired) electrons. The van der Waals surface area contributed by atoms with Crippen LogP contribution in [0.25, 0.3) is 22.3 Å². The van der Waals surface area contributed by atoms with E-state index < -0.39 is 0 Å². The van der Waals surface area contributed by atoms with E-state index in [4.69, 9.17) is 22.1 Å².